The Morgan fingerprint density at radius 2 is 1.40 bits per heavy atom. The molecule has 0 N–H and O–H groups in total. The predicted octanol–water partition coefficient (Wildman–Crippen LogP) is 4.22. The van der Waals surface area contributed by atoms with Crippen molar-refractivity contribution >= 4 is 35.0 Å². The molecule has 2 aromatic carbocycles. The van der Waals surface area contributed by atoms with Crippen molar-refractivity contribution in [2.24, 2.45) is 0 Å². The van der Waals surface area contributed by atoms with E-state index in [0.29, 0.717) is 13.2 Å². The molecule has 1 aliphatic heterocycles. The van der Waals surface area contributed by atoms with Crippen LogP contribution in [0.1, 0.15) is 30.5 Å². The fourth-order valence-corrected chi connectivity index (χ4v) is 3.94. The summed E-state index contributed by atoms with van der Waals surface area (Å²) in [6.45, 7) is 5.89. The molecule has 160 valence electrons. The van der Waals surface area contributed by atoms with Gasteiger partial charge in [-0.25, -0.2) is 0 Å². The molecule has 0 amide bonds. The van der Waals surface area contributed by atoms with Gasteiger partial charge in [0.1, 0.15) is 18.8 Å². The maximum atomic E-state index is 11.5. The van der Waals surface area contributed by atoms with Crippen LogP contribution in [0.4, 0.5) is 0 Å². The Hall–Kier alpha value is -1.92. The SMILES string of the molecule is CC(=O)CC(=O)OCCN1CCN(C(c2ccc(Cl)cc2)c2ccc(Cl)cc2)CC1. The molecule has 0 spiro atoms. The molecule has 30 heavy (non-hydrogen) atoms. The summed E-state index contributed by atoms with van der Waals surface area (Å²) in [5.74, 6) is -0.629. The van der Waals surface area contributed by atoms with Gasteiger partial charge in [0.05, 0.1) is 6.04 Å². The van der Waals surface area contributed by atoms with Crippen molar-refractivity contribution in [3.8, 4) is 0 Å². The predicted molar refractivity (Wildman–Crippen MR) is 119 cm³/mol. The normalized spacial score (nSPS) is 15.3. The fraction of sp³-hybridized carbons (Fsp3) is 0.391. The molecule has 7 heteroatoms. The van der Waals surface area contributed by atoms with Crippen LogP contribution in [-0.4, -0.2) is 60.9 Å². The maximum Gasteiger partial charge on any atom is 0.313 e. The van der Waals surface area contributed by atoms with Crippen molar-refractivity contribution in [3.05, 3.63) is 69.7 Å². The van der Waals surface area contributed by atoms with E-state index in [0.717, 1.165) is 36.2 Å². The second-order valence-corrected chi connectivity index (χ2v) is 8.36. The van der Waals surface area contributed by atoms with E-state index < -0.39 is 5.97 Å². The Labute approximate surface area is 187 Å². The van der Waals surface area contributed by atoms with E-state index in [4.69, 9.17) is 27.9 Å². The minimum atomic E-state index is -0.452. The first-order valence-corrected chi connectivity index (χ1v) is 10.8. The number of hydrogen-bond acceptors (Lipinski definition) is 5. The molecule has 0 radical (unpaired) electrons. The quantitative estimate of drug-likeness (QED) is 0.446. The van der Waals surface area contributed by atoms with Gasteiger partial charge >= 0.3 is 5.97 Å². The first-order valence-electron chi connectivity index (χ1n) is 10.0. The number of rotatable bonds is 8. The van der Waals surface area contributed by atoms with Gasteiger partial charge in [-0.2, -0.15) is 0 Å². The highest BCUT2D eigenvalue weighted by Gasteiger charge is 2.26. The number of benzene rings is 2. The van der Waals surface area contributed by atoms with E-state index in [1.54, 1.807) is 0 Å². The van der Waals surface area contributed by atoms with Gasteiger partial charge in [-0.3, -0.25) is 19.4 Å². The first-order chi connectivity index (χ1) is 14.4. The van der Waals surface area contributed by atoms with Crippen molar-refractivity contribution in [1.29, 1.82) is 0 Å². The maximum absolute atomic E-state index is 11.5. The molecule has 1 fully saturated rings. The highest BCUT2D eigenvalue weighted by Crippen LogP contribution is 2.31. The summed E-state index contributed by atoms with van der Waals surface area (Å²) in [6, 6.07) is 16.1. The molecular weight excluding hydrogens is 423 g/mol. The average molecular weight is 449 g/mol. The molecule has 2 aromatic rings. The molecular formula is C23H26Cl2N2O3. The number of ether oxygens (including phenoxy) is 1. The van der Waals surface area contributed by atoms with Crippen LogP contribution in [-0.2, 0) is 14.3 Å². The van der Waals surface area contributed by atoms with Crippen molar-refractivity contribution in [1.82, 2.24) is 9.80 Å². The molecule has 1 saturated heterocycles. The van der Waals surface area contributed by atoms with Crippen molar-refractivity contribution < 1.29 is 14.3 Å². The van der Waals surface area contributed by atoms with Crippen LogP contribution in [0.3, 0.4) is 0 Å². The molecule has 0 bridgehead atoms. The van der Waals surface area contributed by atoms with Gasteiger partial charge in [0, 0.05) is 42.8 Å². The van der Waals surface area contributed by atoms with Gasteiger partial charge in [-0.1, -0.05) is 47.5 Å². The van der Waals surface area contributed by atoms with E-state index >= 15 is 0 Å². The second-order valence-electron chi connectivity index (χ2n) is 7.48. The van der Waals surface area contributed by atoms with Crippen LogP contribution in [0.15, 0.2) is 48.5 Å². The lowest BCUT2D eigenvalue weighted by Gasteiger charge is -2.39. The van der Waals surface area contributed by atoms with E-state index in [1.165, 1.54) is 18.1 Å². The summed E-state index contributed by atoms with van der Waals surface area (Å²) in [4.78, 5) is 27.2. The van der Waals surface area contributed by atoms with Gasteiger partial charge in [-0.15, -0.1) is 0 Å². The lowest BCUT2D eigenvalue weighted by molar-refractivity contribution is -0.146. The largest absolute Gasteiger partial charge is 0.464 e. The highest BCUT2D eigenvalue weighted by atomic mass is 35.5. The molecule has 3 rings (SSSR count). The number of carbonyl (C=O) groups is 2. The number of Topliss-reactive ketones (excluding diaryl/α,β-unsaturated/α-hetero) is 1. The second kappa shape index (κ2) is 10.9. The minimum Gasteiger partial charge on any atom is -0.464 e. The summed E-state index contributed by atoms with van der Waals surface area (Å²) in [5, 5.41) is 1.44. The van der Waals surface area contributed by atoms with E-state index in [9.17, 15) is 9.59 Å². The fourth-order valence-electron chi connectivity index (χ4n) is 3.69. The first kappa shape index (κ1) is 22.8. The molecule has 0 atom stereocenters. The number of hydrogen-bond donors (Lipinski definition) is 0. The number of esters is 1. The lowest BCUT2D eigenvalue weighted by atomic mass is 9.96. The molecule has 1 aliphatic rings. The van der Waals surface area contributed by atoms with E-state index in [-0.39, 0.29) is 18.2 Å². The standard InChI is InChI=1S/C23H26Cl2N2O3/c1-17(28)16-22(29)30-15-14-26-10-12-27(13-11-26)23(18-2-6-20(24)7-3-18)19-4-8-21(25)9-5-19/h2-9,23H,10-16H2,1H3. The van der Waals surface area contributed by atoms with E-state index in [1.807, 2.05) is 24.3 Å². The van der Waals surface area contributed by atoms with Crippen molar-refractivity contribution in [2.45, 2.75) is 19.4 Å². The number of nitrogens with zero attached hydrogens (tertiary/aromatic N) is 2. The van der Waals surface area contributed by atoms with Crippen LogP contribution >= 0.6 is 23.2 Å². The van der Waals surface area contributed by atoms with Crippen LogP contribution in [0.5, 0.6) is 0 Å². The smallest absolute Gasteiger partial charge is 0.313 e. The van der Waals surface area contributed by atoms with Crippen LogP contribution < -0.4 is 0 Å². The van der Waals surface area contributed by atoms with Crippen molar-refractivity contribution in [3.63, 3.8) is 0 Å². The van der Waals surface area contributed by atoms with Crippen LogP contribution in [0.25, 0.3) is 0 Å². The van der Waals surface area contributed by atoms with Crippen LogP contribution in [0.2, 0.25) is 10.0 Å². The van der Waals surface area contributed by atoms with Gasteiger partial charge in [0.25, 0.3) is 0 Å². The molecule has 0 saturated carbocycles. The van der Waals surface area contributed by atoms with Gasteiger partial charge in [0.2, 0.25) is 0 Å². The number of piperazine rings is 1. The van der Waals surface area contributed by atoms with Crippen LogP contribution in [0, 0.1) is 0 Å². The molecule has 5 nitrogen and oxygen atoms in total. The lowest BCUT2D eigenvalue weighted by Crippen LogP contribution is -2.48. The van der Waals surface area contributed by atoms with Gasteiger partial charge < -0.3 is 4.74 Å². The Balaban J connectivity index is 1.61. The van der Waals surface area contributed by atoms with Gasteiger partial charge in [0.15, 0.2) is 0 Å². The zero-order chi connectivity index (χ0) is 21.5. The molecule has 1 heterocycles. The Bertz CT molecular complexity index is 802. The Morgan fingerprint density at radius 3 is 1.87 bits per heavy atom. The molecule has 0 aliphatic carbocycles. The number of halogens is 2. The topological polar surface area (TPSA) is 49.9 Å². The third-order valence-corrected chi connectivity index (χ3v) is 5.71. The highest BCUT2D eigenvalue weighted by molar-refractivity contribution is 6.30. The number of carbonyl (C=O) groups excluding carboxylic acids is 2. The zero-order valence-electron chi connectivity index (χ0n) is 17.0. The number of ketones is 1. The van der Waals surface area contributed by atoms with E-state index in [2.05, 4.69) is 34.1 Å². The monoisotopic (exact) mass is 448 g/mol. The minimum absolute atomic E-state index is 0.120. The molecule has 0 aromatic heterocycles. The third kappa shape index (κ3) is 6.54. The summed E-state index contributed by atoms with van der Waals surface area (Å²) < 4.78 is 5.15. The summed E-state index contributed by atoms with van der Waals surface area (Å²) >= 11 is 12.2. The summed E-state index contributed by atoms with van der Waals surface area (Å²) in [7, 11) is 0. The average Bonchev–Trinajstić information content (AvgIpc) is 2.71. The zero-order valence-corrected chi connectivity index (χ0v) is 18.5. The molecule has 0 unspecified atom stereocenters. The Morgan fingerprint density at radius 1 is 0.900 bits per heavy atom. The Kier molecular flexibility index (Phi) is 8.28. The summed E-state index contributed by atoms with van der Waals surface area (Å²) in [5.41, 5.74) is 2.38. The summed E-state index contributed by atoms with van der Waals surface area (Å²) in [6.07, 6.45) is -0.155. The van der Waals surface area contributed by atoms with Crippen molar-refractivity contribution in [2.75, 3.05) is 39.3 Å². The van der Waals surface area contributed by atoms with Gasteiger partial charge in [-0.05, 0) is 42.3 Å². The third-order valence-electron chi connectivity index (χ3n) is 5.21.